The molecule has 0 saturated carbocycles. The van der Waals surface area contributed by atoms with Gasteiger partial charge in [0.15, 0.2) is 0 Å². The second kappa shape index (κ2) is 5.52. The molecule has 1 aromatic carbocycles. The summed E-state index contributed by atoms with van der Waals surface area (Å²) in [6, 6.07) is 9.04. The van der Waals surface area contributed by atoms with Crippen LogP contribution >= 0.6 is 15.9 Å². The quantitative estimate of drug-likeness (QED) is 0.908. The second-order valence-corrected chi connectivity index (χ2v) is 6.31. The molecule has 0 amide bonds. The minimum atomic E-state index is 0.282. The minimum absolute atomic E-state index is 0.282. The summed E-state index contributed by atoms with van der Waals surface area (Å²) in [7, 11) is 0. The van der Waals surface area contributed by atoms with Gasteiger partial charge in [0.05, 0.1) is 5.56 Å². The molecular weight excluding hydrogens is 304 g/mol. The van der Waals surface area contributed by atoms with Crippen molar-refractivity contribution in [3.8, 4) is 11.8 Å². The third kappa shape index (κ3) is 2.93. The van der Waals surface area contributed by atoms with Crippen LogP contribution in [0.2, 0.25) is 0 Å². The van der Waals surface area contributed by atoms with Crippen molar-refractivity contribution >= 4 is 15.9 Å². The van der Waals surface area contributed by atoms with Crippen molar-refractivity contribution < 1.29 is 4.74 Å². The Morgan fingerprint density at radius 3 is 2.68 bits per heavy atom. The average molecular weight is 321 g/mol. The molecule has 4 heteroatoms. The normalized spacial score (nSPS) is 29.6. The Bertz CT molecular complexity index is 499. The van der Waals surface area contributed by atoms with E-state index < -0.39 is 0 Å². The van der Waals surface area contributed by atoms with Gasteiger partial charge in [-0.3, -0.25) is 0 Å². The maximum atomic E-state index is 9.03. The van der Waals surface area contributed by atoms with E-state index in [1.807, 2.05) is 18.2 Å². The lowest BCUT2D eigenvalue weighted by Crippen LogP contribution is -2.51. The maximum Gasteiger partial charge on any atom is 0.121 e. The fourth-order valence-electron chi connectivity index (χ4n) is 3.17. The first-order valence-electron chi connectivity index (χ1n) is 6.87. The Morgan fingerprint density at radius 1 is 1.26 bits per heavy atom. The molecule has 2 aliphatic heterocycles. The fraction of sp³-hybridized carbons (Fsp3) is 0.533. The summed E-state index contributed by atoms with van der Waals surface area (Å²) in [6.07, 6.45) is 6.30. The monoisotopic (exact) mass is 320 g/mol. The molecule has 2 bridgehead atoms. The summed E-state index contributed by atoms with van der Waals surface area (Å²) in [5, 5.41) is 12.7. The number of nitrogens with one attached hydrogen (secondary N) is 1. The number of halogens is 1. The Morgan fingerprint density at radius 2 is 2.00 bits per heavy atom. The Balaban J connectivity index is 1.70. The summed E-state index contributed by atoms with van der Waals surface area (Å²) in [4.78, 5) is 0. The van der Waals surface area contributed by atoms with Crippen molar-refractivity contribution in [2.75, 3.05) is 0 Å². The van der Waals surface area contributed by atoms with E-state index >= 15 is 0 Å². The van der Waals surface area contributed by atoms with Crippen LogP contribution in [0.5, 0.6) is 5.75 Å². The number of ether oxygens (including phenoxy) is 1. The van der Waals surface area contributed by atoms with Crippen molar-refractivity contribution in [2.24, 2.45) is 0 Å². The molecule has 100 valence electrons. The van der Waals surface area contributed by atoms with Gasteiger partial charge in [-0.25, -0.2) is 0 Å². The highest BCUT2D eigenvalue weighted by atomic mass is 79.9. The molecule has 3 nitrogen and oxygen atoms in total. The van der Waals surface area contributed by atoms with Crippen LogP contribution in [0.1, 0.15) is 37.7 Å². The van der Waals surface area contributed by atoms with Crippen LogP contribution in [0, 0.1) is 11.3 Å². The van der Waals surface area contributed by atoms with Crippen molar-refractivity contribution in [2.45, 2.75) is 50.3 Å². The lowest BCUT2D eigenvalue weighted by molar-refractivity contribution is 0.0927. The third-order valence-corrected chi connectivity index (χ3v) is 4.72. The number of piperidine rings is 2. The molecule has 1 N–H and O–H groups in total. The van der Waals surface area contributed by atoms with E-state index in [0.29, 0.717) is 17.6 Å². The molecule has 19 heavy (non-hydrogen) atoms. The highest BCUT2D eigenvalue weighted by Crippen LogP contribution is 2.30. The number of benzene rings is 1. The smallest absolute Gasteiger partial charge is 0.121 e. The third-order valence-electron chi connectivity index (χ3n) is 4.03. The maximum absolute atomic E-state index is 9.03. The summed E-state index contributed by atoms with van der Waals surface area (Å²) >= 11 is 3.37. The minimum Gasteiger partial charge on any atom is -0.490 e. The van der Waals surface area contributed by atoms with Gasteiger partial charge in [0, 0.05) is 16.6 Å². The molecule has 2 saturated heterocycles. The van der Waals surface area contributed by atoms with Crippen LogP contribution in [0.4, 0.5) is 0 Å². The zero-order chi connectivity index (χ0) is 13.2. The van der Waals surface area contributed by atoms with Gasteiger partial charge >= 0.3 is 0 Å². The molecule has 2 heterocycles. The highest BCUT2D eigenvalue weighted by Gasteiger charge is 2.32. The van der Waals surface area contributed by atoms with Crippen LogP contribution in [-0.2, 0) is 0 Å². The van der Waals surface area contributed by atoms with E-state index in [1.54, 1.807) is 0 Å². The van der Waals surface area contributed by atoms with Crippen LogP contribution in [0.3, 0.4) is 0 Å². The number of nitrogens with zero attached hydrogens (tertiary/aromatic N) is 1. The van der Waals surface area contributed by atoms with Gasteiger partial charge in [-0.1, -0.05) is 6.42 Å². The van der Waals surface area contributed by atoms with Gasteiger partial charge in [0.1, 0.15) is 17.9 Å². The van der Waals surface area contributed by atoms with Gasteiger partial charge in [0.2, 0.25) is 0 Å². The predicted molar refractivity (Wildman–Crippen MR) is 77.1 cm³/mol. The molecule has 2 fully saturated rings. The number of rotatable bonds is 2. The fourth-order valence-corrected chi connectivity index (χ4v) is 3.50. The van der Waals surface area contributed by atoms with E-state index in [4.69, 9.17) is 10.00 Å². The van der Waals surface area contributed by atoms with Crippen LogP contribution < -0.4 is 10.1 Å². The van der Waals surface area contributed by atoms with Crippen molar-refractivity contribution in [3.05, 3.63) is 28.2 Å². The number of nitriles is 1. The van der Waals surface area contributed by atoms with Crippen molar-refractivity contribution in [1.29, 1.82) is 5.26 Å². The van der Waals surface area contributed by atoms with E-state index in [-0.39, 0.29) is 6.10 Å². The first-order valence-corrected chi connectivity index (χ1v) is 7.66. The number of fused-ring (bicyclic) bond motifs is 2. The standard InChI is InChI=1S/C15H17BrN2O/c16-15-5-4-13(6-10(15)9-17)19-14-7-11-2-1-3-12(8-14)18-11/h4-6,11-12,14,18H,1-3,7-8H2/t11-,12+,14-. The molecule has 3 atom stereocenters. The molecular formula is C15H17BrN2O. The Kier molecular flexibility index (Phi) is 3.76. The molecule has 2 aliphatic rings. The highest BCUT2D eigenvalue weighted by molar-refractivity contribution is 9.10. The molecule has 0 radical (unpaired) electrons. The molecule has 0 unspecified atom stereocenters. The van der Waals surface area contributed by atoms with E-state index in [2.05, 4.69) is 27.3 Å². The van der Waals surface area contributed by atoms with Crippen LogP contribution in [0.15, 0.2) is 22.7 Å². The van der Waals surface area contributed by atoms with Crippen LogP contribution in [-0.4, -0.2) is 18.2 Å². The largest absolute Gasteiger partial charge is 0.490 e. The summed E-state index contributed by atoms with van der Waals surface area (Å²) < 4.78 is 6.90. The molecule has 3 rings (SSSR count). The zero-order valence-corrected chi connectivity index (χ0v) is 12.3. The molecule has 0 spiro atoms. The summed E-state index contributed by atoms with van der Waals surface area (Å²) in [5.74, 6) is 0.810. The number of hydrogen-bond donors (Lipinski definition) is 1. The second-order valence-electron chi connectivity index (χ2n) is 5.46. The lowest BCUT2D eigenvalue weighted by atomic mass is 9.85. The molecule has 0 aromatic heterocycles. The van der Waals surface area contributed by atoms with E-state index in [1.165, 1.54) is 19.3 Å². The lowest BCUT2D eigenvalue weighted by Gasteiger charge is -2.40. The van der Waals surface area contributed by atoms with Gasteiger partial charge in [0.25, 0.3) is 0 Å². The van der Waals surface area contributed by atoms with Crippen LogP contribution in [0.25, 0.3) is 0 Å². The first kappa shape index (κ1) is 13.0. The van der Waals surface area contributed by atoms with Gasteiger partial charge in [-0.2, -0.15) is 5.26 Å². The average Bonchev–Trinajstić information content (AvgIpc) is 2.40. The van der Waals surface area contributed by atoms with Crippen molar-refractivity contribution in [3.63, 3.8) is 0 Å². The molecule has 0 aliphatic carbocycles. The Hall–Kier alpha value is -1.05. The topological polar surface area (TPSA) is 45.0 Å². The first-order chi connectivity index (χ1) is 9.24. The predicted octanol–water partition coefficient (Wildman–Crippen LogP) is 3.37. The van der Waals surface area contributed by atoms with Gasteiger partial charge in [-0.05, 0) is 59.8 Å². The van der Waals surface area contributed by atoms with E-state index in [9.17, 15) is 0 Å². The molecule has 1 aromatic rings. The van der Waals surface area contributed by atoms with Crippen molar-refractivity contribution in [1.82, 2.24) is 5.32 Å². The van der Waals surface area contributed by atoms with Gasteiger partial charge < -0.3 is 10.1 Å². The summed E-state index contributed by atoms with van der Waals surface area (Å²) in [5.41, 5.74) is 0.631. The SMILES string of the molecule is N#Cc1cc(O[C@@H]2C[C@H]3CCC[C@@H](C2)N3)ccc1Br. The van der Waals surface area contributed by atoms with E-state index in [0.717, 1.165) is 23.1 Å². The number of hydrogen-bond acceptors (Lipinski definition) is 3. The Labute approximate surface area is 122 Å². The zero-order valence-electron chi connectivity index (χ0n) is 10.7. The summed E-state index contributed by atoms with van der Waals surface area (Å²) in [6.45, 7) is 0. The van der Waals surface area contributed by atoms with Gasteiger partial charge in [-0.15, -0.1) is 0 Å².